The molecule has 112 valence electrons. The van der Waals surface area contributed by atoms with Crippen molar-refractivity contribution in [1.82, 2.24) is 9.78 Å². The lowest BCUT2D eigenvalue weighted by atomic mass is 10.1. The van der Waals surface area contributed by atoms with E-state index in [9.17, 15) is 5.11 Å². The fourth-order valence-corrected chi connectivity index (χ4v) is 3.16. The fraction of sp³-hybridized carbons (Fsp3) is 0.357. The lowest BCUT2D eigenvalue weighted by Crippen LogP contribution is -2.10. The first-order valence-electron chi connectivity index (χ1n) is 6.60. The molecular weight excluding hydrogens is 360 g/mol. The molecule has 0 fully saturated rings. The third-order valence-electron chi connectivity index (χ3n) is 3.29. The molecule has 7 heteroatoms. The van der Waals surface area contributed by atoms with Crippen molar-refractivity contribution < 1.29 is 14.6 Å². The van der Waals surface area contributed by atoms with Gasteiger partial charge in [-0.3, -0.25) is 4.68 Å². The molecule has 5 nitrogen and oxygen atoms in total. The zero-order valence-electron chi connectivity index (χ0n) is 11.3. The van der Waals surface area contributed by atoms with Crippen molar-refractivity contribution in [1.29, 1.82) is 0 Å². The summed E-state index contributed by atoms with van der Waals surface area (Å²) in [4.78, 5) is 0. The number of hydrogen-bond donors (Lipinski definition) is 1. The third-order valence-corrected chi connectivity index (χ3v) is 4.17. The average Bonchev–Trinajstić information content (AvgIpc) is 3.06. The van der Waals surface area contributed by atoms with Crippen LogP contribution in [0.1, 0.15) is 30.7 Å². The van der Waals surface area contributed by atoms with Gasteiger partial charge >= 0.3 is 0 Å². The predicted molar refractivity (Wildman–Crippen MR) is 81.9 cm³/mol. The van der Waals surface area contributed by atoms with Crippen molar-refractivity contribution in [3.8, 4) is 11.5 Å². The second-order valence-electron chi connectivity index (χ2n) is 4.74. The van der Waals surface area contributed by atoms with E-state index in [4.69, 9.17) is 21.1 Å². The molecule has 1 aliphatic heterocycles. The van der Waals surface area contributed by atoms with Gasteiger partial charge in [-0.2, -0.15) is 5.10 Å². The fourth-order valence-electron chi connectivity index (χ4n) is 2.34. The maximum atomic E-state index is 10.7. The molecular formula is C14H14BrClN2O3. The highest BCUT2D eigenvalue weighted by Gasteiger charge is 2.24. The Kier molecular flexibility index (Phi) is 4.10. The number of ether oxygens (including phenoxy) is 2. The van der Waals surface area contributed by atoms with Gasteiger partial charge in [0, 0.05) is 6.54 Å². The highest BCUT2D eigenvalue weighted by Crippen LogP contribution is 2.42. The lowest BCUT2D eigenvalue weighted by molar-refractivity contribution is 0.173. The number of aliphatic hydroxyl groups excluding tert-OH is 1. The Balaban J connectivity index is 2.01. The van der Waals surface area contributed by atoms with E-state index in [2.05, 4.69) is 21.0 Å². The highest BCUT2D eigenvalue weighted by molar-refractivity contribution is 9.10. The molecule has 1 N–H and O–H groups in total. The number of halogens is 2. The monoisotopic (exact) mass is 372 g/mol. The SMILES string of the molecule is CCCn1ncc(Cl)c1C(O)c1cc(Br)c2c(c1)OCO2. The van der Waals surface area contributed by atoms with Gasteiger partial charge in [-0.25, -0.2) is 0 Å². The van der Waals surface area contributed by atoms with Crippen LogP contribution in [0.3, 0.4) is 0 Å². The highest BCUT2D eigenvalue weighted by atomic mass is 79.9. The first-order valence-corrected chi connectivity index (χ1v) is 7.77. The maximum Gasteiger partial charge on any atom is 0.231 e. The number of aryl methyl sites for hydroxylation is 1. The van der Waals surface area contributed by atoms with Crippen LogP contribution in [0.5, 0.6) is 11.5 Å². The van der Waals surface area contributed by atoms with E-state index >= 15 is 0 Å². The van der Waals surface area contributed by atoms with Gasteiger partial charge in [0.1, 0.15) is 6.10 Å². The Hall–Kier alpha value is -1.24. The molecule has 0 spiro atoms. The number of rotatable bonds is 4. The van der Waals surface area contributed by atoms with Gasteiger partial charge in [-0.1, -0.05) is 18.5 Å². The lowest BCUT2D eigenvalue weighted by Gasteiger charge is -2.15. The van der Waals surface area contributed by atoms with Crippen molar-refractivity contribution in [3.05, 3.63) is 39.1 Å². The summed E-state index contributed by atoms with van der Waals surface area (Å²) in [5.74, 6) is 1.26. The van der Waals surface area contributed by atoms with Crippen molar-refractivity contribution in [2.24, 2.45) is 0 Å². The summed E-state index contributed by atoms with van der Waals surface area (Å²) in [6.45, 7) is 2.93. The van der Waals surface area contributed by atoms with Crippen LogP contribution in [0.4, 0.5) is 0 Å². The molecule has 2 aromatic rings. The smallest absolute Gasteiger partial charge is 0.231 e. The van der Waals surface area contributed by atoms with Crippen LogP contribution < -0.4 is 9.47 Å². The molecule has 3 rings (SSSR count). The van der Waals surface area contributed by atoms with Gasteiger partial charge in [0.15, 0.2) is 11.5 Å². The molecule has 1 aliphatic rings. The van der Waals surface area contributed by atoms with Gasteiger partial charge in [-0.05, 0) is 40.0 Å². The van der Waals surface area contributed by atoms with E-state index in [0.717, 1.165) is 10.9 Å². The number of aliphatic hydroxyl groups is 1. The van der Waals surface area contributed by atoms with Crippen molar-refractivity contribution >= 4 is 27.5 Å². The standard InChI is InChI=1S/C14H14BrClN2O3/c1-2-3-18-12(10(16)6-17-18)13(19)8-4-9(15)14-11(5-8)20-7-21-14/h4-6,13,19H,2-3,7H2,1H3. The van der Waals surface area contributed by atoms with E-state index in [0.29, 0.717) is 34.3 Å². The van der Waals surface area contributed by atoms with Crippen LogP contribution in [0.25, 0.3) is 0 Å². The topological polar surface area (TPSA) is 56.5 Å². The summed E-state index contributed by atoms with van der Waals surface area (Å²) in [5.41, 5.74) is 1.26. The summed E-state index contributed by atoms with van der Waals surface area (Å²) < 4.78 is 13.2. The molecule has 1 aromatic heterocycles. The molecule has 0 radical (unpaired) electrons. The van der Waals surface area contributed by atoms with Gasteiger partial charge in [0.25, 0.3) is 0 Å². The predicted octanol–water partition coefficient (Wildman–Crippen LogP) is 3.52. The number of nitrogens with zero attached hydrogens (tertiary/aromatic N) is 2. The average molecular weight is 374 g/mol. The minimum atomic E-state index is -0.877. The second kappa shape index (κ2) is 5.87. The molecule has 0 aliphatic carbocycles. The largest absolute Gasteiger partial charge is 0.454 e. The normalized spacial score (nSPS) is 14.5. The molecule has 0 saturated carbocycles. The Morgan fingerprint density at radius 3 is 3.05 bits per heavy atom. The number of fused-ring (bicyclic) bond motifs is 1. The van der Waals surface area contributed by atoms with E-state index in [1.165, 1.54) is 0 Å². The first kappa shape index (κ1) is 14.7. The zero-order valence-corrected chi connectivity index (χ0v) is 13.7. The van der Waals surface area contributed by atoms with Crippen LogP contribution in [0.2, 0.25) is 5.02 Å². The molecule has 21 heavy (non-hydrogen) atoms. The molecule has 1 aromatic carbocycles. The van der Waals surface area contributed by atoms with Crippen LogP contribution in [0.15, 0.2) is 22.8 Å². The Morgan fingerprint density at radius 2 is 2.29 bits per heavy atom. The molecule has 0 bridgehead atoms. The van der Waals surface area contributed by atoms with Gasteiger partial charge in [0.2, 0.25) is 6.79 Å². The number of benzene rings is 1. The van der Waals surface area contributed by atoms with Crippen LogP contribution in [-0.2, 0) is 6.54 Å². The summed E-state index contributed by atoms with van der Waals surface area (Å²) in [5, 5.41) is 15.3. The maximum absolute atomic E-state index is 10.7. The molecule has 0 amide bonds. The van der Waals surface area contributed by atoms with E-state index < -0.39 is 6.10 Å². The Labute approximate surface area is 135 Å². The second-order valence-corrected chi connectivity index (χ2v) is 6.00. The molecule has 1 atom stereocenters. The minimum Gasteiger partial charge on any atom is -0.454 e. The van der Waals surface area contributed by atoms with E-state index in [-0.39, 0.29) is 6.79 Å². The van der Waals surface area contributed by atoms with Crippen molar-refractivity contribution in [2.45, 2.75) is 26.0 Å². The van der Waals surface area contributed by atoms with Crippen molar-refractivity contribution in [2.75, 3.05) is 6.79 Å². The summed E-state index contributed by atoms with van der Waals surface area (Å²) in [6.07, 6.45) is 1.58. The number of hydrogen-bond acceptors (Lipinski definition) is 4. The van der Waals surface area contributed by atoms with Gasteiger partial charge in [-0.15, -0.1) is 0 Å². The Bertz CT molecular complexity index is 674. The third kappa shape index (κ3) is 2.63. The summed E-state index contributed by atoms with van der Waals surface area (Å²) >= 11 is 9.60. The quantitative estimate of drug-likeness (QED) is 0.891. The Morgan fingerprint density at radius 1 is 1.48 bits per heavy atom. The van der Waals surface area contributed by atoms with Crippen LogP contribution in [0, 0.1) is 0 Å². The van der Waals surface area contributed by atoms with Gasteiger partial charge < -0.3 is 14.6 Å². The van der Waals surface area contributed by atoms with E-state index in [1.807, 2.05) is 6.92 Å². The zero-order chi connectivity index (χ0) is 15.0. The van der Waals surface area contributed by atoms with Gasteiger partial charge in [0.05, 0.1) is 21.4 Å². The van der Waals surface area contributed by atoms with Crippen molar-refractivity contribution in [3.63, 3.8) is 0 Å². The minimum absolute atomic E-state index is 0.183. The van der Waals surface area contributed by atoms with Crippen LogP contribution in [-0.4, -0.2) is 21.7 Å². The molecule has 1 unspecified atom stereocenters. The number of aromatic nitrogens is 2. The molecule has 2 heterocycles. The van der Waals surface area contributed by atoms with E-state index in [1.54, 1.807) is 23.0 Å². The summed E-state index contributed by atoms with van der Waals surface area (Å²) in [7, 11) is 0. The molecule has 0 saturated heterocycles. The van der Waals surface area contributed by atoms with Crippen LogP contribution >= 0.6 is 27.5 Å². The first-order chi connectivity index (χ1) is 10.1. The summed E-state index contributed by atoms with van der Waals surface area (Å²) in [6, 6.07) is 3.56.